The molecule has 1 aliphatic rings. The quantitative estimate of drug-likeness (QED) is 0.662. The molecule has 86 valence electrons. The lowest BCUT2D eigenvalue weighted by Crippen LogP contribution is -2.42. The lowest BCUT2D eigenvalue weighted by atomic mass is 9.81. The summed E-state index contributed by atoms with van der Waals surface area (Å²) in [6, 6.07) is 3.16. The first kappa shape index (κ1) is 10.9. The van der Waals surface area contributed by atoms with E-state index in [4.69, 9.17) is 5.73 Å². The summed E-state index contributed by atoms with van der Waals surface area (Å²) in [6.07, 6.45) is 3.38. The van der Waals surface area contributed by atoms with Gasteiger partial charge in [0.1, 0.15) is 0 Å². The Labute approximate surface area is 93.0 Å². The van der Waals surface area contributed by atoms with E-state index in [1.807, 2.05) is 0 Å². The van der Waals surface area contributed by atoms with Crippen molar-refractivity contribution in [1.82, 2.24) is 10.3 Å². The summed E-state index contributed by atoms with van der Waals surface area (Å²) in [5.74, 6) is 0.346. The van der Waals surface area contributed by atoms with Crippen molar-refractivity contribution in [2.75, 3.05) is 6.54 Å². The molecule has 1 amide bonds. The molecule has 1 saturated carbocycles. The van der Waals surface area contributed by atoms with Crippen molar-refractivity contribution in [3.8, 4) is 0 Å². The summed E-state index contributed by atoms with van der Waals surface area (Å²) in [5.41, 5.74) is 5.92. The van der Waals surface area contributed by atoms with Crippen LogP contribution in [0.3, 0.4) is 0 Å². The number of H-pyrrole nitrogens is 1. The molecule has 0 aliphatic heterocycles. The fourth-order valence-electron chi connectivity index (χ4n) is 1.84. The maximum absolute atomic E-state index is 11.6. The Bertz CT molecular complexity index is 415. The lowest BCUT2D eigenvalue weighted by molar-refractivity contribution is 0.0935. The number of pyridine rings is 1. The van der Waals surface area contributed by atoms with E-state index in [1.165, 1.54) is 18.3 Å². The number of amides is 1. The largest absolute Gasteiger partial charge is 0.352 e. The highest BCUT2D eigenvalue weighted by atomic mass is 16.1. The van der Waals surface area contributed by atoms with Crippen molar-refractivity contribution >= 4 is 5.91 Å². The van der Waals surface area contributed by atoms with Gasteiger partial charge in [0.05, 0.1) is 5.56 Å². The first-order valence-corrected chi connectivity index (χ1v) is 5.37. The predicted octanol–water partition coefficient (Wildman–Crippen LogP) is -0.158. The maximum atomic E-state index is 11.6. The van der Waals surface area contributed by atoms with Gasteiger partial charge in [-0.15, -0.1) is 0 Å². The Morgan fingerprint density at radius 2 is 2.25 bits per heavy atom. The summed E-state index contributed by atoms with van der Waals surface area (Å²) < 4.78 is 0. The van der Waals surface area contributed by atoms with Crippen molar-refractivity contribution in [2.45, 2.75) is 18.9 Å². The van der Waals surface area contributed by atoms with Gasteiger partial charge in [0.2, 0.25) is 5.56 Å². The van der Waals surface area contributed by atoms with Crippen molar-refractivity contribution in [1.29, 1.82) is 0 Å². The molecule has 0 saturated heterocycles. The Morgan fingerprint density at radius 1 is 1.50 bits per heavy atom. The smallest absolute Gasteiger partial charge is 0.252 e. The summed E-state index contributed by atoms with van der Waals surface area (Å²) in [6.45, 7) is 0.658. The van der Waals surface area contributed by atoms with Crippen molar-refractivity contribution in [2.24, 2.45) is 11.7 Å². The van der Waals surface area contributed by atoms with Gasteiger partial charge >= 0.3 is 0 Å². The van der Waals surface area contributed by atoms with E-state index in [1.54, 1.807) is 0 Å². The van der Waals surface area contributed by atoms with Gasteiger partial charge in [0.25, 0.3) is 5.91 Å². The van der Waals surface area contributed by atoms with Crippen molar-refractivity contribution in [3.05, 3.63) is 34.2 Å². The van der Waals surface area contributed by atoms with Crippen molar-refractivity contribution < 1.29 is 4.79 Å². The molecule has 1 aromatic rings. The molecule has 5 nitrogen and oxygen atoms in total. The zero-order valence-corrected chi connectivity index (χ0v) is 8.90. The van der Waals surface area contributed by atoms with Crippen LogP contribution in [-0.2, 0) is 0 Å². The minimum Gasteiger partial charge on any atom is -0.352 e. The average Bonchev–Trinajstić information content (AvgIpc) is 2.23. The molecule has 1 fully saturated rings. The molecule has 1 aromatic heterocycles. The number of aromatic amines is 1. The third-order valence-electron chi connectivity index (χ3n) is 2.87. The average molecular weight is 221 g/mol. The van der Waals surface area contributed by atoms with Gasteiger partial charge in [-0.2, -0.15) is 0 Å². The number of hydrogen-bond donors (Lipinski definition) is 3. The minimum atomic E-state index is -0.207. The Balaban J connectivity index is 1.83. The zero-order chi connectivity index (χ0) is 11.5. The number of carbonyl (C=O) groups is 1. The second-order valence-corrected chi connectivity index (χ2v) is 4.25. The molecule has 1 aliphatic carbocycles. The van der Waals surface area contributed by atoms with Gasteiger partial charge in [-0.3, -0.25) is 9.59 Å². The van der Waals surface area contributed by atoms with Crippen LogP contribution in [0.4, 0.5) is 0 Å². The van der Waals surface area contributed by atoms with E-state index >= 15 is 0 Å². The van der Waals surface area contributed by atoms with Gasteiger partial charge in [0, 0.05) is 24.8 Å². The number of nitrogens with two attached hydrogens (primary N) is 1. The number of rotatable bonds is 3. The molecule has 0 bridgehead atoms. The van der Waals surface area contributed by atoms with Gasteiger partial charge in [0.15, 0.2) is 0 Å². The molecular weight excluding hydrogens is 206 g/mol. The number of aromatic nitrogens is 1. The van der Waals surface area contributed by atoms with Crippen LogP contribution in [0.2, 0.25) is 0 Å². The zero-order valence-electron chi connectivity index (χ0n) is 8.90. The number of hydrogen-bond acceptors (Lipinski definition) is 3. The highest BCUT2D eigenvalue weighted by Crippen LogP contribution is 2.24. The minimum absolute atomic E-state index is 0.156. The van der Waals surface area contributed by atoms with Gasteiger partial charge < -0.3 is 16.0 Å². The second-order valence-electron chi connectivity index (χ2n) is 4.25. The molecule has 2 rings (SSSR count). The maximum Gasteiger partial charge on any atom is 0.252 e. The SMILES string of the molecule is NC1CC(CNC(=O)c2ccc(=O)[nH]c2)C1. The number of nitrogens with one attached hydrogen (secondary N) is 2. The van der Waals surface area contributed by atoms with Crippen LogP contribution < -0.4 is 16.6 Å². The highest BCUT2D eigenvalue weighted by molar-refractivity contribution is 5.93. The van der Waals surface area contributed by atoms with Gasteiger partial charge in [-0.05, 0) is 24.8 Å². The lowest BCUT2D eigenvalue weighted by Gasteiger charge is -2.32. The van der Waals surface area contributed by atoms with Crippen molar-refractivity contribution in [3.63, 3.8) is 0 Å². The Kier molecular flexibility index (Phi) is 3.05. The molecule has 16 heavy (non-hydrogen) atoms. The molecule has 0 spiro atoms. The fraction of sp³-hybridized carbons (Fsp3) is 0.455. The van der Waals surface area contributed by atoms with E-state index in [2.05, 4.69) is 10.3 Å². The standard InChI is InChI=1S/C11H15N3O2/c12-9-3-7(4-9)5-14-11(16)8-1-2-10(15)13-6-8/h1-2,6-7,9H,3-5,12H2,(H,13,15)(H,14,16). The van der Waals surface area contributed by atoms with Crippen LogP contribution in [0.25, 0.3) is 0 Å². The molecule has 0 aromatic carbocycles. The summed E-state index contributed by atoms with van der Waals surface area (Å²) in [7, 11) is 0. The normalized spacial score (nSPS) is 23.6. The molecule has 0 unspecified atom stereocenters. The van der Waals surface area contributed by atoms with Crippen LogP contribution in [-0.4, -0.2) is 23.5 Å². The van der Waals surface area contributed by atoms with E-state index in [0.29, 0.717) is 24.1 Å². The molecular formula is C11H15N3O2. The molecule has 5 heteroatoms. The van der Waals surface area contributed by atoms with Crippen LogP contribution in [0.5, 0.6) is 0 Å². The monoisotopic (exact) mass is 221 g/mol. The summed E-state index contributed by atoms with van der Waals surface area (Å²) in [5, 5.41) is 2.82. The third kappa shape index (κ3) is 2.49. The van der Waals surface area contributed by atoms with Crippen LogP contribution in [0.1, 0.15) is 23.2 Å². The Hall–Kier alpha value is -1.62. The molecule has 0 radical (unpaired) electrons. The van der Waals surface area contributed by atoms with Crippen LogP contribution in [0.15, 0.2) is 23.1 Å². The van der Waals surface area contributed by atoms with E-state index in [0.717, 1.165) is 12.8 Å². The predicted molar refractivity (Wildman–Crippen MR) is 60.1 cm³/mol. The van der Waals surface area contributed by atoms with Gasteiger partial charge in [-0.25, -0.2) is 0 Å². The van der Waals surface area contributed by atoms with Gasteiger partial charge in [-0.1, -0.05) is 0 Å². The molecule has 4 N–H and O–H groups in total. The number of carbonyl (C=O) groups excluding carboxylic acids is 1. The van der Waals surface area contributed by atoms with E-state index < -0.39 is 0 Å². The molecule has 1 heterocycles. The second kappa shape index (κ2) is 4.49. The first-order valence-electron chi connectivity index (χ1n) is 5.37. The van der Waals surface area contributed by atoms with E-state index in [9.17, 15) is 9.59 Å². The third-order valence-corrected chi connectivity index (χ3v) is 2.87. The van der Waals surface area contributed by atoms with Crippen LogP contribution in [0, 0.1) is 5.92 Å². The van der Waals surface area contributed by atoms with Crippen LogP contribution >= 0.6 is 0 Å². The van der Waals surface area contributed by atoms with E-state index in [-0.39, 0.29) is 11.5 Å². The summed E-state index contributed by atoms with van der Waals surface area (Å²) in [4.78, 5) is 24.9. The first-order chi connectivity index (χ1) is 7.65. The highest BCUT2D eigenvalue weighted by Gasteiger charge is 2.25. The fourth-order valence-corrected chi connectivity index (χ4v) is 1.84. The molecule has 0 atom stereocenters. The Morgan fingerprint density at radius 3 is 2.81 bits per heavy atom. The topological polar surface area (TPSA) is 88.0 Å². The summed E-state index contributed by atoms with van der Waals surface area (Å²) >= 11 is 0.